The van der Waals surface area contributed by atoms with Gasteiger partial charge in [0.1, 0.15) is 5.82 Å². The van der Waals surface area contributed by atoms with Gasteiger partial charge in [-0.15, -0.1) is 24.8 Å². The number of nitrogens with one attached hydrogen (secondary N) is 1. The molecule has 1 aromatic rings. The number of nitriles is 1. The molecular formula is C12H19Cl2N5. The average Bonchev–Trinajstić information content (AvgIpc) is 2.38. The molecule has 5 nitrogen and oxygen atoms in total. The van der Waals surface area contributed by atoms with Crippen LogP contribution in [0.3, 0.4) is 0 Å². The molecule has 0 saturated carbocycles. The van der Waals surface area contributed by atoms with E-state index in [1.807, 2.05) is 12.1 Å². The maximum Gasteiger partial charge on any atom is 0.128 e. The highest BCUT2D eigenvalue weighted by Gasteiger charge is 2.23. The molecular weight excluding hydrogens is 285 g/mol. The molecule has 0 spiro atoms. The van der Waals surface area contributed by atoms with Gasteiger partial charge in [0, 0.05) is 37.9 Å². The molecule has 1 fully saturated rings. The largest absolute Gasteiger partial charge is 0.383 e. The third-order valence-corrected chi connectivity index (χ3v) is 3.11. The van der Waals surface area contributed by atoms with Crippen molar-refractivity contribution < 1.29 is 0 Å². The van der Waals surface area contributed by atoms with Gasteiger partial charge in [-0.2, -0.15) is 5.26 Å². The van der Waals surface area contributed by atoms with E-state index in [2.05, 4.69) is 21.3 Å². The van der Waals surface area contributed by atoms with Crippen LogP contribution in [0, 0.1) is 11.3 Å². The number of anilines is 1. The first-order valence-corrected chi connectivity index (χ1v) is 5.85. The van der Waals surface area contributed by atoms with Gasteiger partial charge in [0.2, 0.25) is 0 Å². The lowest BCUT2D eigenvalue weighted by Crippen LogP contribution is -2.45. The summed E-state index contributed by atoms with van der Waals surface area (Å²) in [6.45, 7) is 3.81. The van der Waals surface area contributed by atoms with E-state index >= 15 is 0 Å². The van der Waals surface area contributed by atoms with E-state index in [0.717, 1.165) is 31.7 Å². The van der Waals surface area contributed by atoms with Crippen LogP contribution in [0.25, 0.3) is 0 Å². The fraction of sp³-hybridized carbons (Fsp3) is 0.500. The predicted octanol–water partition coefficient (Wildman–Crippen LogP) is 1.37. The first kappa shape index (κ1) is 17.9. The van der Waals surface area contributed by atoms with E-state index in [1.54, 1.807) is 6.20 Å². The summed E-state index contributed by atoms with van der Waals surface area (Å²) in [5.74, 6) is 0.534. The summed E-state index contributed by atoms with van der Waals surface area (Å²) >= 11 is 0. The molecule has 1 aromatic heterocycles. The molecule has 1 saturated heterocycles. The second-order valence-corrected chi connectivity index (χ2v) is 4.14. The van der Waals surface area contributed by atoms with Crippen LogP contribution in [-0.2, 0) is 0 Å². The number of halogens is 2. The van der Waals surface area contributed by atoms with Gasteiger partial charge in [0.15, 0.2) is 0 Å². The van der Waals surface area contributed by atoms with Crippen LogP contribution in [0.5, 0.6) is 0 Å². The Morgan fingerprint density at radius 3 is 2.68 bits per heavy atom. The molecule has 2 heterocycles. The summed E-state index contributed by atoms with van der Waals surface area (Å²) in [6.07, 6.45) is 2.13. The number of nitrogens with two attached hydrogens (primary N) is 1. The molecule has 2 rings (SSSR count). The lowest BCUT2D eigenvalue weighted by atomic mass is 10.0. The SMILES string of the molecule is Cl.Cl.N#CC[C@@H](c1cccnc1N)N1CCNCC1. The molecule has 0 unspecified atom stereocenters. The molecule has 7 heteroatoms. The first-order chi connectivity index (χ1) is 8.33. The lowest BCUT2D eigenvalue weighted by molar-refractivity contribution is 0.176. The van der Waals surface area contributed by atoms with E-state index in [9.17, 15) is 0 Å². The monoisotopic (exact) mass is 303 g/mol. The zero-order valence-corrected chi connectivity index (χ0v) is 12.2. The minimum Gasteiger partial charge on any atom is -0.383 e. The Morgan fingerprint density at radius 2 is 2.11 bits per heavy atom. The van der Waals surface area contributed by atoms with E-state index in [-0.39, 0.29) is 30.9 Å². The normalized spacial score (nSPS) is 16.6. The molecule has 19 heavy (non-hydrogen) atoms. The second-order valence-electron chi connectivity index (χ2n) is 4.14. The van der Waals surface area contributed by atoms with Crippen molar-refractivity contribution in [2.24, 2.45) is 0 Å². The number of hydrogen-bond donors (Lipinski definition) is 2. The number of nitrogen functional groups attached to an aromatic ring is 1. The highest BCUT2D eigenvalue weighted by Crippen LogP contribution is 2.27. The van der Waals surface area contributed by atoms with Crippen LogP contribution in [0.1, 0.15) is 18.0 Å². The molecule has 0 radical (unpaired) electrons. The number of rotatable bonds is 3. The molecule has 0 aliphatic carbocycles. The van der Waals surface area contributed by atoms with Gasteiger partial charge in [-0.05, 0) is 6.07 Å². The fourth-order valence-electron chi connectivity index (χ4n) is 2.23. The van der Waals surface area contributed by atoms with Crippen LogP contribution < -0.4 is 11.1 Å². The second kappa shape index (κ2) is 8.94. The summed E-state index contributed by atoms with van der Waals surface area (Å²) in [5, 5.41) is 12.3. The number of nitrogens with zero attached hydrogens (tertiary/aromatic N) is 3. The Balaban J connectivity index is 0.00000162. The highest BCUT2D eigenvalue weighted by atomic mass is 35.5. The molecule has 106 valence electrons. The number of hydrogen-bond acceptors (Lipinski definition) is 5. The molecule has 1 atom stereocenters. The molecule has 0 amide bonds. The van der Waals surface area contributed by atoms with Crippen molar-refractivity contribution in [2.45, 2.75) is 12.5 Å². The van der Waals surface area contributed by atoms with Gasteiger partial charge in [0.25, 0.3) is 0 Å². The van der Waals surface area contributed by atoms with Gasteiger partial charge < -0.3 is 11.1 Å². The maximum atomic E-state index is 8.97. The van der Waals surface area contributed by atoms with Gasteiger partial charge in [0.05, 0.1) is 18.5 Å². The van der Waals surface area contributed by atoms with Crippen molar-refractivity contribution >= 4 is 30.6 Å². The van der Waals surface area contributed by atoms with Gasteiger partial charge in [-0.1, -0.05) is 6.07 Å². The quantitative estimate of drug-likeness (QED) is 0.882. The smallest absolute Gasteiger partial charge is 0.128 e. The summed E-state index contributed by atoms with van der Waals surface area (Å²) in [6, 6.07) is 6.15. The highest BCUT2D eigenvalue weighted by molar-refractivity contribution is 5.85. The summed E-state index contributed by atoms with van der Waals surface area (Å²) < 4.78 is 0. The first-order valence-electron chi connectivity index (χ1n) is 5.85. The zero-order valence-electron chi connectivity index (χ0n) is 10.6. The van der Waals surface area contributed by atoms with E-state index in [1.165, 1.54) is 0 Å². The number of piperazine rings is 1. The van der Waals surface area contributed by atoms with Crippen LogP contribution in [0.15, 0.2) is 18.3 Å². The Bertz CT molecular complexity index is 415. The van der Waals surface area contributed by atoms with Crippen LogP contribution >= 0.6 is 24.8 Å². The fourth-order valence-corrected chi connectivity index (χ4v) is 2.23. The molecule has 1 aliphatic heterocycles. The van der Waals surface area contributed by atoms with Crippen molar-refractivity contribution in [2.75, 3.05) is 31.9 Å². The Kier molecular flexibility index (Phi) is 8.44. The minimum absolute atomic E-state index is 0. The van der Waals surface area contributed by atoms with E-state index in [0.29, 0.717) is 12.2 Å². The number of pyridine rings is 1. The van der Waals surface area contributed by atoms with Crippen molar-refractivity contribution in [3.63, 3.8) is 0 Å². The Hall–Kier alpha value is -1.06. The van der Waals surface area contributed by atoms with Crippen molar-refractivity contribution in [1.82, 2.24) is 15.2 Å². The van der Waals surface area contributed by atoms with Crippen molar-refractivity contribution in [3.8, 4) is 6.07 Å². The Morgan fingerprint density at radius 1 is 1.42 bits per heavy atom. The number of aromatic nitrogens is 1. The summed E-state index contributed by atoms with van der Waals surface area (Å²) in [5.41, 5.74) is 6.86. The molecule has 3 N–H and O–H groups in total. The predicted molar refractivity (Wildman–Crippen MR) is 80.6 cm³/mol. The summed E-state index contributed by atoms with van der Waals surface area (Å²) in [7, 11) is 0. The third kappa shape index (κ3) is 4.51. The van der Waals surface area contributed by atoms with Crippen LogP contribution in [0.2, 0.25) is 0 Å². The topological polar surface area (TPSA) is 78.0 Å². The maximum absolute atomic E-state index is 8.97. The van der Waals surface area contributed by atoms with E-state index < -0.39 is 0 Å². The summed E-state index contributed by atoms with van der Waals surface area (Å²) in [4.78, 5) is 6.40. The molecule has 0 aromatic carbocycles. The average molecular weight is 304 g/mol. The standard InChI is InChI=1S/C12H17N5.2ClH/c13-4-3-11(17-8-6-15-7-9-17)10-2-1-5-16-12(10)14;;/h1-2,5,11,15H,3,6-9H2,(H2,14,16);2*1H/t11-;;/m0../s1. The van der Waals surface area contributed by atoms with Gasteiger partial charge >= 0.3 is 0 Å². The van der Waals surface area contributed by atoms with Crippen molar-refractivity contribution in [1.29, 1.82) is 5.26 Å². The van der Waals surface area contributed by atoms with E-state index in [4.69, 9.17) is 11.0 Å². The van der Waals surface area contributed by atoms with Crippen LogP contribution in [-0.4, -0.2) is 36.1 Å². The third-order valence-electron chi connectivity index (χ3n) is 3.11. The zero-order chi connectivity index (χ0) is 12.1. The van der Waals surface area contributed by atoms with Crippen LogP contribution in [0.4, 0.5) is 5.82 Å². The molecule has 1 aliphatic rings. The molecule has 0 bridgehead atoms. The lowest BCUT2D eigenvalue weighted by Gasteiger charge is -2.34. The van der Waals surface area contributed by atoms with Gasteiger partial charge in [-0.25, -0.2) is 4.98 Å². The minimum atomic E-state index is 0. The van der Waals surface area contributed by atoms with Gasteiger partial charge in [-0.3, -0.25) is 4.90 Å². The van der Waals surface area contributed by atoms with Crippen molar-refractivity contribution in [3.05, 3.63) is 23.9 Å². The Labute approximate surface area is 126 Å².